The second-order valence-corrected chi connectivity index (χ2v) is 1.91. The van der Waals surface area contributed by atoms with E-state index in [-0.39, 0.29) is 57.5 Å². The molecule has 0 N–H and O–H groups in total. The van der Waals surface area contributed by atoms with E-state index in [0.717, 1.165) is 12.8 Å². The predicted octanol–water partition coefficient (Wildman–Crippen LogP) is -1.68. The summed E-state index contributed by atoms with van der Waals surface area (Å²) in [7, 11) is 0. The first-order valence-electron chi connectivity index (χ1n) is 3.55. The van der Waals surface area contributed by atoms with Gasteiger partial charge in [-0.3, -0.25) is 0 Å². The fraction of sp³-hybridized carbons (Fsp3) is 1.00. The zero-order chi connectivity index (χ0) is 6.41. The van der Waals surface area contributed by atoms with Crippen molar-refractivity contribution < 1.29 is 56.5 Å². The van der Waals surface area contributed by atoms with Gasteiger partial charge in [-0.2, -0.15) is 0 Å². The largest absolute Gasteiger partial charge is 1.00 e. The van der Waals surface area contributed by atoms with Crippen LogP contribution in [0.15, 0.2) is 0 Å². The Hall–Kier alpha value is 1.60. The summed E-state index contributed by atoms with van der Waals surface area (Å²) in [6.07, 6.45) is 4.01. The van der Waals surface area contributed by atoms with E-state index >= 15 is 0 Å². The summed E-state index contributed by atoms with van der Waals surface area (Å²) in [4.78, 5) is 0. The summed E-state index contributed by atoms with van der Waals surface area (Å²) in [5.74, 6) is 0. The van der Waals surface area contributed by atoms with Gasteiger partial charge in [-0.1, -0.05) is 39.5 Å². The van der Waals surface area contributed by atoms with E-state index in [4.69, 9.17) is 0 Å². The van der Waals surface area contributed by atoms with Gasteiger partial charge in [-0.05, 0) is 0 Å². The summed E-state index contributed by atoms with van der Waals surface area (Å²) < 4.78 is 0. The molecule has 1 aliphatic carbocycles. The van der Waals surface area contributed by atoms with E-state index in [1.165, 1.54) is 12.8 Å². The topological polar surface area (TPSA) is 23.1 Å². The van der Waals surface area contributed by atoms with Crippen molar-refractivity contribution in [3.05, 3.63) is 0 Å². The van der Waals surface area contributed by atoms with E-state index in [1.807, 2.05) is 13.8 Å². The van der Waals surface area contributed by atoms with Gasteiger partial charge in [0, 0.05) is 0 Å². The molecule has 1 saturated carbocycles. The molecule has 2 heteroatoms. The molecule has 1 rings (SSSR count). The Morgan fingerprint density at radius 2 is 1.44 bits per heavy atom. The molecule has 0 heterocycles. The van der Waals surface area contributed by atoms with Crippen LogP contribution in [0.5, 0.6) is 0 Å². The summed E-state index contributed by atoms with van der Waals surface area (Å²) in [5, 5.41) is 10.3. The van der Waals surface area contributed by atoms with E-state index < -0.39 is 0 Å². The molecule has 0 atom stereocenters. The van der Waals surface area contributed by atoms with Crippen LogP contribution in [0, 0.1) is 0 Å². The molecule has 0 aromatic rings. The molecule has 0 amide bonds. The maximum Gasteiger partial charge on any atom is 1.00 e. The molecule has 0 aromatic carbocycles. The minimum absolute atomic E-state index is 0. The van der Waals surface area contributed by atoms with Crippen LogP contribution in [0.3, 0.4) is 0 Å². The molecule has 1 fully saturated rings. The van der Waals surface area contributed by atoms with Crippen LogP contribution in [0.4, 0.5) is 0 Å². The van der Waals surface area contributed by atoms with Crippen molar-refractivity contribution in [2.75, 3.05) is 0 Å². The van der Waals surface area contributed by atoms with Crippen molar-refractivity contribution in [2.45, 2.75) is 45.6 Å². The monoisotopic (exact) mass is 154 g/mol. The standard InChI is InChI=1S/C5H9O.C2H6.K/c6-5-3-1-2-4-5;1-2;/h5H,1-4H2;1-2H3;/q-1;;+1. The van der Waals surface area contributed by atoms with Crippen LogP contribution in [-0.4, -0.2) is 6.10 Å². The summed E-state index contributed by atoms with van der Waals surface area (Å²) in [6.45, 7) is 4.00. The Bertz CT molecular complexity index is 42.2. The Morgan fingerprint density at radius 3 is 1.56 bits per heavy atom. The van der Waals surface area contributed by atoms with E-state index in [0.29, 0.717) is 0 Å². The molecule has 0 radical (unpaired) electrons. The van der Waals surface area contributed by atoms with E-state index in [1.54, 1.807) is 0 Å². The van der Waals surface area contributed by atoms with E-state index in [9.17, 15) is 5.11 Å². The second kappa shape index (κ2) is 9.60. The SMILES string of the molecule is CC.[K+].[O-]C1CCCC1. The summed E-state index contributed by atoms with van der Waals surface area (Å²) in [5.41, 5.74) is 0. The van der Waals surface area contributed by atoms with Crippen molar-refractivity contribution in [3.63, 3.8) is 0 Å². The zero-order valence-corrected chi connectivity index (χ0v) is 9.94. The summed E-state index contributed by atoms with van der Waals surface area (Å²) in [6, 6.07) is 0. The van der Waals surface area contributed by atoms with Crippen LogP contribution in [-0.2, 0) is 0 Å². The normalized spacial score (nSPS) is 17.7. The van der Waals surface area contributed by atoms with Gasteiger partial charge in [-0.25, -0.2) is 0 Å². The Balaban J connectivity index is 0. The zero-order valence-electron chi connectivity index (χ0n) is 6.81. The van der Waals surface area contributed by atoms with Gasteiger partial charge in [0.2, 0.25) is 0 Å². The molecular weight excluding hydrogens is 139 g/mol. The smallest absolute Gasteiger partial charge is 0.852 e. The molecule has 50 valence electrons. The maximum absolute atomic E-state index is 10.3. The molecule has 0 aromatic heterocycles. The first kappa shape index (κ1) is 13.2. The molecule has 1 aliphatic rings. The first-order chi connectivity index (χ1) is 3.89. The van der Waals surface area contributed by atoms with Gasteiger partial charge in [0.25, 0.3) is 0 Å². The predicted molar refractivity (Wildman–Crippen MR) is 33.6 cm³/mol. The number of rotatable bonds is 0. The average Bonchev–Trinajstić information content (AvgIpc) is 2.24. The minimum Gasteiger partial charge on any atom is -0.852 e. The number of hydrogen-bond acceptors (Lipinski definition) is 1. The fourth-order valence-electron chi connectivity index (χ4n) is 0.888. The maximum atomic E-state index is 10.3. The van der Waals surface area contributed by atoms with Crippen molar-refractivity contribution in [1.82, 2.24) is 0 Å². The molecule has 0 saturated heterocycles. The van der Waals surface area contributed by atoms with Gasteiger partial charge in [0.1, 0.15) is 0 Å². The quantitative estimate of drug-likeness (QED) is 0.382. The molecular formula is C7H15KO. The molecule has 0 aliphatic heterocycles. The van der Waals surface area contributed by atoms with Crippen LogP contribution in [0.25, 0.3) is 0 Å². The van der Waals surface area contributed by atoms with Crippen molar-refractivity contribution in [2.24, 2.45) is 0 Å². The van der Waals surface area contributed by atoms with Crippen molar-refractivity contribution in [1.29, 1.82) is 0 Å². The molecule has 9 heavy (non-hydrogen) atoms. The van der Waals surface area contributed by atoms with Gasteiger partial charge in [0.05, 0.1) is 0 Å². The van der Waals surface area contributed by atoms with Gasteiger partial charge < -0.3 is 5.11 Å². The van der Waals surface area contributed by atoms with Crippen molar-refractivity contribution in [3.8, 4) is 0 Å². The average molecular weight is 154 g/mol. The Kier molecular flexibility index (Phi) is 14.1. The van der Waals surface area contributed by atoms with Crippen LogP contribution < -0.4 is 56.5 Å². The van der Waals surface area contributed by atoms with Gasteiger partial charge >= 0.3 is 51.4 Å². The Labute approximate surface area is 101 Å². The van der Waals surface area contributed by atoms with Crippen LogP contribution >= 0.6 is 0 Å². The Morgan fingerprint density at radius 1 is 1.11 bits per heavy atom. The van der Waals surface area contributed by atoms with Gasteiger partial charge in [0.15, 0.2) is 0 Å². The number of hydrogen-bond donors (Lipinski definition) is 0. The molecule has 0 unspecified atom stereocenters. The van der Waals surface area contributed by atoms with Crippen molar-refractivity contribution >= 4 is 0 Å². The second-order valence-electron chi connectivity index (χ2n) is 1.91. The third kappa shape index (κ3) is 7.49. The molecule has 0 spiro atoms. The fourth-order valence-corrected chi connectivity index (χ4v) is 0.888. The van der Waals surface area contributed by atoms with Gasteiger partial charge in [-0.15, -0.1) is 6.10 Å². The molecule has 1 nitrogen and oxygen atoms in total. The molecule has 0 bridgehead atoms. The third-order valence-electron chi connectivity index (χ3n) is 1.30. The summed E-state index contributed by atoms with van der Waals surface area (Å²) >= 11 is 0. The first-order valence-corrected chi connectivity index (χ1v) is 3.55. The minimum atomic E-state index is -0.204. The third-order valence-corrected chi connectivity index (χ3v) is 1.30. The van der Waals surface area contributed by atoms with Crippen LogP contribution in [0.2, 0.25) is 0 Å². The van der Waals surface area contributed by atoms with Crippen LogP contribution in [0.1, 0.15) is 39.5 Å². The van der Waals surface area contributed by atoms with E-state index in [2.05, 4.69) is 0 Å².